The van der Waals surface area contributed by atoms with Crippen molar-refractivity contribution in [2.24, 2.45) is 7.05 Å². The fraction of sp³-hybridized carbons (Fsp3) is 0.700. The van der Waals surface area contributed by atoms with Crippen LogP contribution in [0.5, 0.6) is 0 Å². The smallest absolute Gasteiger partial charge is 0.358 e. The molecule has 0 bridgehead atoms. The van der Waals surface area contributed by atoms with Gasteiger partial charge in [-0.1, -0.05) is 0 Å². The summed E-state index contributed by atoms with van der Waals surface area (Å²) in [6.07, 6.45) is 0.998. The highest BCUT2D eigenvalue weighted by molar-refractivity contribution is 5.56. The Balaban J connectivity index is 2.34. The number of hydrogen-bond acceptors (Lipinski definition) is 5. The highest BCUT2D eigenvalue weighted by atomic mass is 16.6. The SMILES string of the molecule is CNC1CCN(c2c([N+](=O)[O-])nc(C)n2C)C1. The third-order valence-electron chi connectivity index (χ3n) is 3.34. The van der Waals surface area contributed by atoms with Crippen LogP contribution >= 0.6 is 0 Å². The van der Waals surface area contributed by atoms with Gasteiger partial charge in [0.1, 0.15) is 0 Å². The number of nitro groups is 1. The lowest BCUT2D eigenvalue weighted by molar-refractivity contribution is -0.388. The van der Waals surface area contributed by atoms with Crippen LogP contribution in [-0.2, 0) is 7.05 Å². The summed E-state index contributed by atoms with van der Waals surface area (Å²) in [6, 6.07) is 0.393. The van der Waals surface area contributed by atoms with Crippen molar-refractivity contribution in [3.05, 3.63) is 15.9 Å². The van der Waals surface area contributed by atoms with E-state index >= 15 is 0 Å². The van der Waals surface area contributed by atoms with Gasteiger partial charge in [-0.15, -0.1) is 0 Å². The topological polar surface area (TPSA) is 76.2 Å². The number of nitrogens with zero attached hydrogens (tertiary/aromatic N) is 4. The maximum absolute atomic E-state index is 11.0. The number of aromatic nitrogens is 2. The molecule has 0 aliphatic carbocycles. The zero-order chi connectivity index (χ0) is 12.6. The third-order valence-corrected chi connectivity index (χ3v) is 3.34. The van der Waals surface area contributed by atoms with Crippen LogP contribution in [0.4, 0.5) is 11.6 Å². The lowest BCUT2D eigenvalue weighted by atomic mass is 10.3. The molecule has 0 amide bonds. The van der Waals surface area contributed by atoms with Gasteiger partial charge in [0.15, 0.2) is 0 Å². The van der Waals surface area contributed by atoms with E-state index in [0.29, 0.717) is 17.7 Å². The zero-order valence-corrected chi connectivity index (χ0v) is 10.3. The molecule has 1 aliphatic heterocycles. The average molecular weight is 239 g/mol. The van der Waals surface area contributed by atoms with Crippen LogP contribution in [-0.4, -0.2) is 40.7 Å². The van der Waals surface area contributed by atoms with Crippen LogP contribution in [0.3, 0.4) is 0 Å². The molecule has 1 N–H and O–H groups in total. The van der Waals surface area contributed by atoms with Crippen LogP contribution in [0.2, 0.25) is 0 Å². The van der Waals surface area contributed by atoms with Crippen LogP contribution in [0.1, 0.15) is 12.2 Å². The van der Waals surface area contributed by atoms with Crippen molar-refractivity contribution in [1.82, 2.24) is 14.9 Å². The first-order valence-electron chi connectivity index (χ1n) is 5.64. The summed E-state index contributed by atoms with van der Waals surface area (Å²) in [6.45, 7) is 3.39. The minimum Gasteiger partial charge on any atom is -0.358 e. The number of anilines is 1. The summed E-state index contributed by atoms with van der Waals surface area (Å²) >= 11 is 0. The molecular formula is C10H17N5O2. The van der Waals surface area contributed by atoms with Crippen LogP contribution in [0, 0.1) is 17.0 Å². The molecule has 1 aromatic rings. The van der Waals surface area contributed by atoms with Gasteiger partial charge < -0.3 is 20.3 Å². The van der Waals surface area contributed by atoms with E-state index in [0.717, 1.165) is 19.5 Å². The lowest BCUT2D eigenvalue weighted by Crippen LogP contribution is -2.30. The fourth-order valence-corrected chi connectivity index (χ4v) is 2.25. The Hall–Kier alpha value is -1.63. The molecule has 1 unspecified atom stereocenters. The van der Waals surface area contributed by atoms with E-state index in [1.807, 2.05) is 19.0 Å². The minimum absolute atomic E-state index is 0.0400. The monoisotopic (exact) mass is 239 g/mol. The largest absolute Gasteiger partial charge is 0.406 e. The van der Waals surface area contributed by atoms with Gasteiger partial charge in [-0.25, -0.2) is 0 Å². The first kappa shape index (κ1) is 11.8. The van der Waals surface area contributed by atoms with Gasteiger partial charge in [0.2, 0.25) is 11.6 Å². The number of likely N-dealkylation sites (N-methyl/N-ethyl adjacent to an activating group) is 1. The average Bonchev–Trinajstić information content (AvgIpc) is 2.85. The Morgan fingerprint density at radius 1 is 1.59 bits per heavy atom. The van der Waals surface area contributed by atoms with Crippen molar-refractivity contribution >= 4 is 11.6 Å². The van der Waals surface area contributed by atoms with Gasteiger partial charge in [-0.3, -0.25) is 4.57 Å². The molecule has 94 valence electrons. The summed E-state index contributed by atoms with van der Waals surface area (Å²) in [4.78, 5) is 16.6. The van der Waals surface area contributed by atoms with Crippen molar-refractivity contribution in [2.75, 3.05) is 25.0 Å². The van der Waals surface area contributed by atoms with Gasteiger partial charge in [0, 0.05) is 33.1 Å². The van der Waals surface area contributed by atoms with Crippen molar-refractivity contribution in [2.45, 2.75) is 19.4 Å². The molecule has 1 fully saturated rings. The van der Waals surface area contributed by atoms with Crippen LogP contribution < -0.4 is 10.2 Å². The van der Waals surface area contributed by atoms with Crippen molar-refractivity contribution in [3.63, 3.8) is 0 Å². The van der Waals surface area contributed by atoms with Crippen molar-refractivity contribution in [1.29, 1.82) is 0 Å². The van der Waals surface area contributed by atoms with Gasteiger partial charge in [-0.05, 0) is 23.4 Å². The molecule has 2 rings (SSSR count). The molecule has 7 nitrogen and oxygen atoms in total. The predicted octanol–water partition coefficient (Wildman–Crippen LogP) is 0.435. The number of aryl methyl sites for hydroxylation is 1. The summed E-state index contributed by atoms with van der Waals surface area (Å²) in [5, 5.41) is 14.2. The Morgan fingerprint density at radius 3 is 2.82 bits per heavy atom. The second kappa shape index (κ2) is 4.33. The lowest BCUT2D eigenvalue weighted by Gasteiger charge is -2.17. The molecule has 0 radical (unpaired) electrons. The van der Waals surface area contributed by atoms with E-state index < -0.39 is 4.92 Å². The molecular weight excluding hydrogens is 222 g/mol. The number of hydrogen-bond donors (Lipinski definition) is 1. The Bertz CT molecular complexity index is 442. The summed E-state index contributed by atoms with van der Waals surface area (Å²) < 4.78 is 1.79. The third kappa shape index (κ3) is 1.97. The van der Waals surface area contributed by atoms with E-state index in [1.165, 1.54) is 0 Å². The van der Waals surface area contributed by atoms with Gasteiger partial charge in [0.05, 0.1) is 0 Å². The van der Waals surface area contributed by atoms with E-state index in [1.54, 1.807) is 11.5 Å². The van der Waals surface area contributed by atoms with Crippen molar-refractivity contribution < 1.29 is 4.92 Å². The first-order valence-corrected chi connectivity index (χ1v) is 5.64. The summed E-state index contributed by atoms with van der Waals surface area (Å²) in [5.41, 5.74) is 0. The Kier molecular flexibility index (Phi) is 3.01. The molecule has 1 atom stereocenters. The normalized spacial score (nSPS) is 19.9. The second-order valence-corrected chi connectivity index (χ2v) is 4.34. The Labute approximate surface area is 99.6 Å². The Morgan fingerprint density at radius 2 is 2.29 bits per heavy atom. The molecule has 2 heterocycles. The number of imidazole rings is 1. The quantitative estimate of drug-likeness (QED) is 0.611. The minimum atomic E-state index is -0.408. The molecule has 1 aromatic heterocycles. The maximum atomic E-state index is 11.0. The molecule has 0 saturated carbocycles. The van der Waals surface area contributed by atoms with E-state index in [9.17, 15) is 10.1 Å². The van der Waals surface area contributed by atoms with E-state index in [-0.39, 0.29) is 5.82 Å². The van der Waals surface area contributed by atoms with Gasteiger partial charge in [-0.2, -0.15) is 0 Å². The number of nitrogens with one attached hydrogen (secondary N) is 1. The van der Waals surface area contributed by atoms with Gasteiger partial charge in [0.25, 0.3) is 0 Å². The maximum Gasteiger partial charge on any atom is 0.406 e. The van der Waals surface area contributed by atoms with Crippen LogP contribution in [0.25, 0.3) is 0 Å². The highest BCUT2D eigenvalue weighted by Crippen LogP contribution is 2.30. The number of rotatable bonds is 3. The molecule has 17 heavy (non-hydrogen) atoms. The summed E-state index contributed by atoms with van der Waals surface area (Å²) in [5.74, 6) is 1.24. The first-order chi connectivity index (χ1) is 8.04. The van der Waals surface area contributed by atoms with Crippen LogP contribution in [0.15, 0.2) is 0 Å². The highest BCUT2D eigenvalue weighted by Gasteiger charge is 2.32. The molecule has 7 heteroatoms. The zero-order valence-electron chi connectivity index (χ0n) is 10.3. The molecule has 1 saturated heterocycles. The predicted molar refractivity (Wildman–Crippen MR) is 64.3 cm³/mol. The second-order valence-electron chi connectivity index (χ2n) is 4.34. The molecule has 1 aliphatic rings. The van der Waals surface area contributed by atoms with Crippen molar-refractivity contribution in [3.8, 4) is 0 Å². The van der Waals surface area contributed by atoms with Gasteiger partial charge >= 0.3 is 5.82 Å². The molecule has 0 aromatic carbocycles. The van der Waals surface area contributed by atoms with E-state index in [2.05, 4.69) is 10.3 Å². The van der Waals surface area contributed by atoms with E-state index in [4.69, 9.17) is 0 Å². The standard InChI is InChI=1S/C10H17N5O2/c1-7-12-9(15(16)17)10(13(7)3)14-5-4-8(6-14)11-2/h8,11H,4-6H2,1-3H3. The fourth-order valence-electron chi connectivity index (χ4n) is 2.25. The summed E-state index contributed by atoms with van der Waals surface area (Å²) in [7, 11) is 3.73. The molecule has 0 spiro atoms.